The highest BCUT2D eigenvalue weighted by Crippen LogP contribution is 2.21. The van der Waals surface area contributed by atoms with Crippen molar-refractivity contribution < 1.29 is 4.79 Å². The van der Waals surface area contributed by atoms with Gasteiger partial charge in [0.15, 0.2) is 0 Å². The second-order valence-corrected chi connectivity index (χ2v) is 3.65. The molecule has 1 aliphatic carbocycles. The molecule has 2 nitrogen and oxygen atoms in total. The fourth-order valence-electron chi connectivity index (χ4n) is 1.88. The highest BCUT2D eigenvalue weighted by molar-refractivity contribution is 5.75. The largest absolute Gasteiger partial charge is 0.327 e. The zero-order valence-electron chi connectivity index (χ0n) is 7.49. The molecule has 0 amide bonds. The van der Waals surface area contributed by atoms with Gasteiger partial charge in [-0.1, -0.05) is 12.1 Å². The van der Waals surface area contributed by atoms with Crippen molar-refractivity contribution in [2.45, 2.75) is 25.3 Å². The van der Waals surface area contributed by atoms with Crippen molar-refractivity contribution in [3.8, 4) is 0 Å². The van der Waals surface area contributed by atoms with Crippen LogP contribution in [-0.4, -0.2) is 12.3 Å². The average Bonchev–Trinajstić information content (AvgIpc) is 2.17. The summed E-state index contributed by atoms with van der Waals surface area (Å²) in [7, 11) is 0. The third-order valence-corrected chi connectivity index (χ3v) is 2.63. The van der Waals surface area contributed by atoms with E-state index in [0.717, 1.165) is 31.1 Å². The van der Waals surface area contributed by atoms with Gasteiger partial charge in [-0.25, -0.2) is 0 Å². The van der Waals surface area contributed by atoms with E-state index in [0.29, 0.717) is 6.04 Å². The average molecular weight is 175 g/mol. The van der Waals surface area contributed by atoms with Crippen molar-refractivity contribution in [3.63, 3.8) is 0 Å². The molecule has 1 aromatic carbocycles. The van der Waals surface area contributed by atoms with Crippen LogP contribution in [-0.2, 0) is 12.8 Å². The number of hydrogen-bond donors (Lipinski definition) is 1. The molecule has 2 rings (SSSR count). The minimum Gasteiger partial charge on any atom is -0.327 e. The lowest BCUT2D eigenvalue weighted by molar-refractivity contribution is 0.112. The van der Waals surface area contributed by atoms with Crippen LogP contribution in [0.1, 0.15) is 27.9 Å². The first kappa shape index (κ1) is 8.45. The smallest absolute Gasteiger partial charge is 0.150 e. The number of aldehydes is 1. The number of rotatable bonds is 1. The van der Waals surface area contributed by atoms with Gasteiger partial charge < -0.3 is 5.73 Å². The number of fused-ring (bicyclic) bond motifs is 1. The Morgan fingerprint density at radius 2 is 2.23 bits per heavy atom. The molecule has 2 N–H and O–H groups in total. The molecule has 0 aliphatic heterocycles. The number of carbonyl (C=O) groups is 1. The van der Waals surface area contributed by atoms with Crippen LogP contribution in [0, 0.1) is 0 Å². The van der Waals surface area contributed by atoms with E-state index in [1.165, 1.54) is 11.1 Å². The Morgan fingerprint density at radius 3 is 3.00 bits per heavy atom. The normalized spacial score (nSPS) is 20.8. The molecule has 0 unspecified atom stereocenters. The van der Waals surface area contributed by atoms with Crippen LogP contribution >= 0.6 is 0 Å². The number of aryl methyl sites for hydroxylation is 1. The Balaban J connectivity index is 2.36. The van der Waals surface area contributed by atoms with Crippen LogP contribution in [0.25, 0.3) is 0 Å². The molecule has 1 aromatic rings. The molecule has 0 spiro atoms. The Hall–Kier alpha value is -1.15. The van der Waals surface area contributed by atoms with E-state index in [9.17, 15) is 4.79 Å². The maximum atomic E-state index is 10.5. The monoisotopic (exact) mass is 175 g/mol. The van der Waals surface area contributed by atoms with Gasteiger partial charge in [-0.05, 0) is 36.5 Å². The fraction of sp³-hybridized carbons (Fsp3) is 0.364. The van der Waals surface area contributed by atoms with Crippen LogP contribution in [0.5, 0.6) is 0 Å². The zero-order chi connectivity index (χ0) is 9.26. The van der Waals surface area contributed by atoms with Gasteiger partial charge in [-0.3, -0.25) is 4.79 Å². The highest BCUT2D eigenvalue weighted by atomic mass is 16.1. The molecule has 1 aliphatic rings. The van der Waals surface area contributed by atoms with Crippen LogP contribution in [0.3, 0.4) is 0 Å². The van der Waals surface area contributed by atoms with E-state index in [4.69, 9.17) is 5.73 Å². The predicted octanol–water partition coefficient (Wildman–Crippen LogP) is 1.32. The van der Waals surface area contributed by atoms with Gasteiger partial charge >= 0.3 is 0 Å². The summed E-state index contributed by atoms with van der Waals surface area (Å²) in [6.45, 7) is 0. The van der Waals surface area contributed by atoms with Crippen LogP contribution in [0.15, 0.2) is 18.2 Å². The summed E-state index contributed by atoms with van der Waals surface area (Å²) in [6.07, 6.45) is 3.90. The molecule has 0 heterocycles. The summed E-state index contributed by atoms with van der Waals surface area (Å²) in [6, 6.07) is 6.17. The number of nitrogens with two attached hydrogens (primary N) is 1. The molecule has 0 aromatic heterocycles. The Kier molecular flexibility index (Phi) is 2.15. The third-order valence-electron chi connectivity index (χ3n) is 2.63. The summed E-state index contributed by atoms with van der Waals surface area (Å²) in [4.78, 5) is 10.5. The van der Waals surface area contributed by atoms with E-state index in [2.05, 4.69) is 0 Å². The molecular formula is C11H13NO. The zero-order valence-corrected chi connectivity index (χ0v) is 7.49. The van der Waals surface area contributed by atoms with E-state index >= 15 is 0 Å². The molecule has 13 heavy (non-hydrogen) atoms. The second-order valence-electron chi connectivity index (χ2n) is 3.65. The molecule has 0 saturated carbocycles. The lowest BCUT2D eigenvalue weighted by atomic mass is 9.88. The van der Waals surface area contributed by atoms with Crippen molar-refractivity contribution in [2.24, 2.45) is 5.73 Å². The minimum absolute atomic E-state index is 0.301. The lowest BCUT2D eigenvalue weighted by Gasteiger charge is -2.21. The lowest BCUT2D eigenvalue weighted by Crippen LogP contribution is -2.27. The molecule has 2 heteroatoms. The fourth-order valence-corrected chi connectivity index (χ4v) is 1.88. The van der Waals surface area contributed by atoms with Crippen molar-refractivity contribution in [2.75, 3.05) is 0 Å². The van der Waals surface area contributed by atoms with Crippen molar-refractivity contribution in [3.05, 3.63) is 34.9 Å². The highest BCUT2D eigenvalue weighted by Gasteiger charge is 2.14. The van der Waals surface area contributed by atoms with E-state index in [-0.39, 0.29) is 0 Å². The third kappa shape index (κ3) is 1.63. The number of hydrogen-bond acceptors (Lipinski definition) is 2. The van der Waals surface area contributed by atoms with Crippen molar-refractivity contribution >= 4 is 6.29 Å². The first-order valence-electron chi connectivity index (χ1n) is 4.62. The first-order valence-corrected chi connectivity index (χ1v) is 4.62. The van der Waals surface area contributed by atoms with Crippen LogP contribution in [0.4, 0.5) is 0 Å². The number of carbonyl (C=O) groups excluding carboxylic acids is 1. The van der Waals surface area contributed by atoms with E-state index < -0.39 is 0 Å². The topological polar surface area (TPSA) is 43.1 Å². The van der Waals surface area contributed by atoms with Crippen molar-refractivity contribution in [1.82, 2.24) is 0 Å². The quantitative estimate of drug-likeness (QED) is 0.654. The molecule has 68 valence electrons. The summed E-state index contributed by atoms with van der Waals surface area (Å²) < 4.78 is 0. The van der Waals surface area contributed by atoms with Gasteiger partial charge in [-0.2, -0.15) is 0 Å². The molecule has 1 atom stereocenters. The number of benzene rings is 1. The molecular weight excluding hydrogens is 162 g/mol. The second kappa shape index (κ2) is 3.30. The van der Waals surface area contributed by atoms with Gasteiger partial charge in [0, 0.05) is 11.6 Å². The molecule has 0 bridgehead atoms. The maximum absolute atomic E-state index is 10.5. The van der Waals surface area contributed by atoms with E-state index in [1.807, 2.05) is 18.2 Å². The SMILES string of the molecule is N[C@H]1CCc2cc(C=O)ccc2C1. The summed E-state index contributed by atoms with van der Waals surface area (Å²) in [5.74, 6) is 0. The van der Waals surface area contributed by atoms with Crippen LogP contribution in [0.2, 0.25) is 0 Å². The van der Waals surface area contributed by atoms with Crippen LogP contribution < -0.4 is 5.73 Å². The van der Waals surface area contributed by atoms with E-state index in [1.54, 1.807) is 0 Å². The summed E-state index contributed by atoms with van der Waals surface area (Å²) >= 11 is 0. The van der Waals surface area contributed by atoms with Gasteiger partial charge in [0.25, 0.3) is 0 Å². The summed E-state index contributed by atoms with van der Waals surface area (Å²) in [5.41, 5.74) is 9.23. The van der Waals surface area contributed by atoms with Gasteiger partial charge in [-0.15, -0.1) is 0 Å². The predicted molar refractivity (Wildman–Crippen MR) is 51.8 cm³/mol. The summed E-state index contributed by atoms with van der Waals surface area (Å²) in [5, 5.41) is 0. The van der Waals surface area contributed by atoms with Gasteiger partial charge in [0.05, 0.1) is 0 Å². The Bertz CT molecular complexity index is 333. The van der Waals surface area contributed by atoms with Crippen molar-refractivity contribution in [1.29, 1.82) is 0 Å². The standard InChI is InChI=1S/C11H13NO/c12-11-4-3-9-5-8(7-13)1-2-10(9)6-11/h1-2,5,7,11H,3-4,6,12H2/t11-/m0/s1. The molecule has 0 radical (unpaired) electrons. The van der Waals surface area contributed by atoms with Gasteiger partial charge in [0.2, 0.25) is 0 Å². The first-order chi connectivity index (χ1) is 6.29. The Labute approximate surface area is 77.8 Å². The molecule has 0 saturated heterocycles. The maximum Gasteiger partial charge on any atom is 0.150 e. The van der Waals surface area contributed by atoms with Gasteiger partial charge in [0.1, 0.15) is 6.29 Å². The Morgan fingerprint density at radius 1 is 1.38 bits per heavy atom. The molecule has 0 fully saturated rings. The minimum atomic E-state index is 0.301.